The molecule has 4 heteroatoms. The molecule has 1 heterocycles. The van der Waals surface area contributed by atoms with E-state index in [9.17, 15) is 0 Å². The predicted octanol–water partition coefficient (Wildman–Crippen LogP) is 4.31. The SMILES string of the molecule is NC[C@@H]1CCc2cccc(-c3ccc(Cl)cc3Cl)c2O1. The topological polar surface area (TPSA) is 35.2 Å². The van der Waals surface area contributed by atoms with Gasteiger partial charge in [-0.05, 0) is 30.5 Å². The molecule has 2 N–H and O–H groups in total. The second kappa shape index (κ2) is 5.65. The molecule has 0 aliphatic carbocycles. The minimum atomic E-state index is 0.0784. The number of hydrogen-bond acceptors (Lipinski definition) is 2. The van der Waals surface area contributed by atoms with E-state index in [1.807, 2.05) is 24.3 Å². The van der Waals surface area contributed by atoms with E-state index < -0.39 is 0 Å². The second-order valence-corrected chi connectivity index (χ2v) is 5.78. The molecule has 0 bridgehead atoms. The fourth-order valence-electron chi connectivity index (χ4n) is 2.55. The zero-order valence-corrected chi connectivity index (χ0v) is 12.4. The molecule has 1 atom stereocenters. The summed E-state index contributed by atoms with van der Waals surface area (Å²) < 4.78 is 6.04. The third-order valence-electron chi connectivity index (χ3n) is 3.60. The number of fused-ring (bicyclic) bond motifs is 1. The Balaban J connectivity index is 2.10. The highest BCUT2D eigenvalue weighted by Crippen LogP contribution is 2.40. The Hall–Kier alpha value is -1.22. The van der Waals surface area contributed by atoms with Crippen LogP contribution in [0.5, 0.6) is 5.75 Å². The van der Waals surface area contributed by atoms with E-state index >= 15 is 0 Å². The van der Waals surface area contributed by atoms with Crippen LogP contribution in [0.15, 0.2) is 36.4 Å². The van der Waals surface area contributed by atoms with Gasteiger partial charge in [0.05, 0.1) is 5.02 Å². The molecule has 2 aromatic rings. The molecule has 0 unspecified atom stereocenters. The molecule has 1 aliphatic rings. The van der Waals surface area contributed by atoms with Crippen LogP contribution in [0, 0.1) is 0 Å². The van der Waals surface area contributed by atoms with Crippen LogP contribution >= 0.6 is 23.2 Å². The normalized spacial score (nSPS) is 17.4. The fourth-order valence-corrected chi connectivity index (χ4v) is 3.06. The van der Waals surface area contributed by atoms with Gasteiger partial charge in [0.25, 0.3) is 0 Å². The molecule has 0 fully saturated rings. The Morgan fingerprint density at radius 1 is 1.15 bits per heavy atom. The second-order valence-electron chi connectivity index (χ2n) is 4.93. The van der Waals surface area contributed by atoms with E-state index in [0.29, 0.717) is 16.6 Å². The third kappa shape index (κ3) is 2.51. The molecule has 104 valence electrons. The molecule has 0 radical (unpaired) electrons. The highest BCUT2D eigenvalue weighted by molar-refractivity contribution is 6.36. The molecule has 0 amide bonds. The Labute approximate surface area is 128 Å². The van der Waals surface area contributed by atoms with Crippen molar-refractivity contribution < 1.29 is 4.74 Å². The Morgan fingerprint density at radius 3 is 2.75 bits per heavy atom. The molecule has 20 heavy (non-hydrogen) atoms. The predicted molar refractivity (Wildman–Crippen MR) is 83.7 cm³/mol. The molecule has 0 saturated heterocycles. The van der Waals surface area contributed by atoms with E-state index in [4.69, 9.17) is 33.7 Å². The lowest BCUT2D eigenvalue weighted by atomic mass is 9.95. The Morgan fingerprint density at radius 2 is 2.00 bits per heavy atom. The summed E-state index contributed by atoms with van der Waals surface area (Å²) >= 11 is 12.3. The molecule has 2 nitrogen and oxygen atoms in total. The van der Waals surface area contributed by atoms with Gasteiger partial charge in [-0.25, -0.2) is 0 Å². The van der Waals surface area contributed by atoms with Gasteiger partial charge in [-0.15, -0.1) is 0 Å². The molecule has 0 spiro atoms. The minimum absolute atomic E-state index is 0.0784. The first-order valence-corrected chi connectivity index (χ1v) is 7.38. The summed E-state index contributed by atoms with van der Waals surface area (Å²) in [6.07, 6.45) is 2.02. The lowest BCUT2D eigenvalue weighted by Crippen LogP contribution is -2.30. The largest absolute Gasteiger partial charge is 0.488 e. The zero-order chi connectivity index (χ0) is 14.1. The number of ether oxygens (including phenoxy) is 1. The zero-order valence-electron chi connectivity index (χ0n) is 10.9. The first-order valence-electron chi connectivity index (χ1n) is 6.63. The van der Waals surface area contributed by atoms with Crippen LogP contribution in [0.25, 0.3) is 11.1 Å². The lowest BCUT2D eigenvalue weighted by Gasteiger charge is -2.27. The maximum atomic E-state index is 6.31. The van der Waals surface area contributed by atoms with Crippen LogP contribution in [-0.2, 0) is 6.42 Å². The number of hydrogen-bond donors (Lipinski definition) is 1. The summed E-state index contributed by atoms with van der Waals surface area (Å²) in [4.78, 5) is 0. The molecular weight excluding hydrogens is 293 g/mol. The van der Waals surface area contributed by atoms with E-state index in [1.165, 1.54) is 5.56 Å². The Bertz CT molecular complexity index is 642. The maximum absolute atomic E-state index is 6.31. The average molecular weight is 308 g/mol. The summed E-state index contributed by atoms with van der Waals surface area (Å²) in [5.74, 6) is 0.901. The van der Waals surface area contributed by atoms with Crippen molar-refractivity contribution in [3.8, 4) is 16.9 Å². The monoisotopic (exact) mass is 307 g/mol. The van der Waals surface area contributed by atoms with Gasteiger partial charge in [0, 0.05) is 22.7 Å². The number of nitrogens with two attached hydrogens (primary N) is 1. The van der Waals surface area contributed by atoms with Gasteiger partial charge in [0.2, 0.25) is 0 Å². The molecular formula is C16H15Cl2NO. The maximum Gasteiger partial charge on any atom is 0.130 e. The highest BCUT2D eigenvalue weighted by Gasteiger charge is 2.22. The van der Waals surface area contributed by atoms with Crippen molar-refractivity contribution in [1.29, 1.82) is 0 Å². The molecule has 2 aromatic carbocycles. The van der Waals surface area contributed by atoms with Crippen molar-refractivity contribution >= 4 is 23.2 Å². The fraction of sp³-hybridized carbons (Fsp3) is 0.250. The first-order chi connectivity index (χ1) is 9.69. The number of benzene rings is 2. The van der Waals surface area contributed by atoms with E-state index in [1.54, 1.807) is 6.07 Å². The van der Waals surface area contributed by atoms with Crippen LogP contribution in [0.2, 0.25) is 10.0 Å². The summed E-state index contributed by atoms with van der Waals surface area (Å²) in [6.45, 7) is 0.530. The van der Waals surface area contributed by atoms with Gasteiger partial charge in [-0.2, -0.15) is 0 Å². The summed E-state index contributed by atoms with van der Waals surface area (Å²) in [5.41, 5.74) is 8.87. The van der Waals surface area contributed by atoms with E-state index in [-0.39, 0.29) is 6.10 Å². The van der Waals surface area contributed by atoms with Gasteiger partial charge in [-0.1, -0.05) is 47.5 Å². The molecule has 0 aromatic heterocycles. The number of para-hydroxylation sites is 1. The smallest absolute Gasteiger partial charge is 0.130 e. The Kier molecular flexibility index (Phi) is 3.88. The average Bonchev–Trinajstić information content (AvgIpc) is 2.46. The minimum Gasteiger partial charge on any atom is -0.488 e. The van der Waals surface area contributed by atoms with Gasteiger partial charge in [0.1, 0.15) is 11.9 Å². The van der Waals surface area contributed by atoms with Gasteiger partial charge < -0.3 is 10.5 Å². The van der Waals surface area contributed by atoms with Crippen molar-refractivity contribution in [2.75, 3.05) is 6.54 Å². The first kappa shape index (κ1) is 13.7. The van der Waals surface area contributed by atoms with Crippen LogP contribution in [0.1, 0.15) is 12.0 Å². The van der Waals surface area contributed by atoms with Gasteiger partial charge in [0.15, 0.2) is 0 Å². The molecule has 1 aliphatic heterocycles. The molecule has 0 saturated carbocycles. The number of rotatable bonds is 2. The van der Waals surface area contributed by atoms with Crippen molar-refractivity contribution in [1.82, 2.24) is 0 Å². The van der Waals surface area contributed by atoms with Gasteiger partial charge in [-0.3, -0.25) is 0 Å². The van der Waals surface area contributed by atoms with Crippen LogP contribution in [0.3, 0.4) is 0 Å². The highest BCUT2D eigenvalue weighted by atomic mass is 35.5. The number of halogens is 2. The summed E-state index contributed by atoms with van der Waals surface area (Å²) in [6, 6.07) is 11.7. The van der Waals surface area contributed by atoms with Crippen molar-refractivity contribution in [3.05, 3.63) is 52.0 Å². The van der Waals surface area contributed by atoms with E-state index in [2.05, 4.69) is 6.07 Å². The lowest BCUT2D eigenvalue weighted by molar-refractivity contribution is 0.182. The summed E-state index contributed by atoms with van der Waals surface area (Å²) in [5, 5.41) is 1.26. The van der Waals surface area contributed by atoms with Crippen LogP contribution in [-0.4, -0.2) is 12.6 Å². The van der Waals surface area contributed by atoms with Gasteiger partial charge >= 0.3 is 0 Å². The number of aryl methyl sites for hydroxylation is 1. The van der Waals surface area contributed by atoms with E-state index in [0.717, 1.165) is 29.7 Å². The third-order valence-corrected chi connectivity index (χ3v) is 4.15. The quantitative estimate of drug-likeness (QED) is 0.897. The van der Waals surface area contributed by atoms with Crippen LogP contribution < -0.4 is 10.5 Å². The summed E-state index contributed by atoms with van der Waals surface area (Å²) in [7, 11) is 0. The molecule has 3 rings (SSSR count). The van der Waals surface area contributed by atoms with Crippen molar-refractivity contribution in [3.63, 3.8) is 0 Å². The van der Waals surface area contributed by atoms with Crippen molar-refractivity contribution in [2.45, 2.75) is 18.9 Å². The van der Waals surface area contributed by atoms with Crippen molar-refractivity contribution in [2.24, 2.45) is 5.73 Å². The standard InChI is InChI=1S/C16H15Cl2NO/c17-11-5-7-13(15(18)8-11)14-3-1-2-10-4-6-12(9-19)20-16(10)14/h1-3,5,7-8,12H,4,6,9,19H2/t12-/m0/s1. The van der Waals surface area contributed by atoms with Crippen LogP contribution in [0.4, 0.5) is 0 Å².